The highest BCUT2D eigenvalue weighted by atomic mass is 16.5. The summed E-state index contributed by atoms with van der Waals surface area (Å²) in [6, 6.07) is -3.47. The normalized spacial score (nSPS) is 25.7. The second-order valence-electron chi connectivity index (χ2n) is 29.3. The Morgan fingerprint density at radius 2 is 0.919 bits per heavy atom. The van der Waals surface area contributed by atoms with Crippen molar-refractivity contribution in [2.75, 3.05) is 69.6 Å². The van der Waals surface area contributed by atoms with Crippen molar-refractivity contribution in [3.63, 3.8) is 0 Å². The lowest BCUT2D eigenvalue weighted by Gasteiger charge is -2.42. The summed E-state index contributed by atoms with van der Waals surface area (Å²) in [5.41, 5.74) is 0.938. The maximum Gasteiger partial charge on any atom is 0.273 e. The molecule has 11 amide bonds. The average molecular weight is 1390 g/mol. The average Bonchev–Trinajstić information content (AvgIpc) is 0.807. The first-order valence-electron chi connectivity index (χ1n) is 35.3. The van der Waals surface area contributed by atoms with Crippen molar-refractivity contribution in [2.45, 2.75) is 236 Å². The van der Waals surface area contributed by atoms with Gasteiger partial charge in [-0.1, -0.05) is 152 Å². The highest BCUT2D eigenvalue weighted by molar-refractivity contribution is 6.00. The minimum Gasteiger partial charge on any atom is -0.390 e. The minimum atomic E-state index is -1.70. The molecule has 0 bridgehead atoms. The zero-order valence-electron chi connectivity index (χ0n) is 64.4. The molecule has 99 heavy (non-hydrogen) atoms. The summed E-state index contributed by atoms with van der Waals surface area (Å²) >= 11 is 0. The number of carbonyl (C=O) groups is 11. The van der Waals surface area contributed by atoms with Gasteiger partial charge in [-0.2, -0.15) is 0 Å². The zero-order valence-corrected chi connectivity index (χ0v) is 64.4. The lowest BCUT2D eigenvalue weighted by atomic mass is 9.91. The smallest absolute Gasteiger partial charge is 0.273 e. The fraction of sp³-hybridized carbons (Fsp3) is 0.716. The second-order valence-corrected chi connectivity index (χ2v) is 29.3. The third kappa shape index (κ3) is 24.8. The van der Waals surface area contributed by atoms with E-state index in [-0.39, 0.29) is 75.3 Å². The molecule has 25 heteroatoms. The van der Waals surface area contributed by atoms with Crippen LogP contribution in [0.2, 0.25) is 0 Å². The summed E-state index contributed by atoms with van der Waals surface area (Å²) in [7, 11) is 11.1. The van der Waals surface area contributed by atoms with Gasteiger partial charge in [-0.3, -0.25) is 52.7 Å². The van der Waals surface area contributed by atoms with Crippen LogP contribution in [-0.4, -0.2) is 252 Å². The number of allylic oxidation sites excluding steroid dienone is 2. The first-order chi connectivity index (χ1) is 46.2. The van der Waals surface area contributed by atoms with Gasteiger partial charge in [-0.15, -0.1) is 0 Å². The molecule has 1 aliphatic rings. The first kappa shape index (κ1) is 87.8. The quantitative estimate of drug-likeness (QED) is 0.0797. The van der Waals surface area contributed by atoms with Crippen LogP contribution in [0.15, 0.2) is 54.6 Å². The van der Waals surface area contributed by atoms with Crippen LogP contribution in [0.25, 0.3) is 0 Å². The lowest BCUT2D eigenvalue weighted by molar-refractivity contribution is -0.167. The molecule has 0 aromatic heterocycles. The van der Waals surface area contributed by atoms with E-state index in [4.69, 9.17) is 9.47 Å². The Kier molecular flexibility index (Phi) is 36.8. The molecule has 13 atom stereocenters. The molecule has 560 valence electrons. The largest absolute Gasteiger partial charge is 0.390 e. The fourth-order valence-electron chi connectivity index (χ4n) is 12.6. The van der Waals surface area contributed by atoms with Crippen molar-refractivity contribution in [3.05, 3.63) is 60.2 Å². The van der Waals surface area contributed by atoms with E-state index in [9.17, 15) is 24.3 Å². The molecule has 4 N–H and O–H groups in total. The summed E-state index contributed by atoms with van der Waals surface area (Å²) in [6.07, 6.45) is 4.40. The number of hydrogen-bond acceptors (Lipinski definition) is 14. The first-order valence-corrected chi connectivity index (χ1v) is 35.3. The Bertz CT molecular complexity index is 2880. The van der Waals surface area contributed by atoms with Crippen LogP contribution >= 0.6 is 0 Å². The van der Waals surface area contributed by atoms with Crippen molar-refractivity contribution < 1.29 is 67.3 Å². The molecule has 1 heterocycles. The second kappa shape index (κ2) is 41.5. The number of aliphatic hydroxyl groups is 1. The number of ether oxygens (including phenoxy) is 2. The molecule has 1 saturated heterocycles. The van der Waals surface area contributed by atoms with E-state index in [0.717, 1.165) is 15.4 Å². The summed E-state index contributed by atoms with van der Waals surface area (Å²) in [5.74, 6) is -10.6. The van der Waals surface area contributed by atoms with Gasteiger partial charge < -0.3 is 69.7 Å². The topological polar surface area (TPSA) is 288 Å². The van der Waals surface area contributed by atoms with Crippen molar-refractivity contribution in [3.8, 4) is 0 Å². The van der Waals surface area contributed by atoms with Gasteiger partial charge in [0.1, 0.15) is 60.4 Å². The van der Waals surface area contributed by atoms with Crippen LogP contribution in [0.3, 0.4) is 0 Å². The Balaban J connectivity index is 3.15. The monoisotopic (exact) mass is 1390 g/mol. The third-order valence-electron chi connectivity index (χ3n) is 18.5. The van der Waals surface area contributed by atoms with Crippen molar-refractivity contribution in [2.24, 2.45) is 41.4 Å². The van der Waals surface area contributed by atoms with Crippen LogP contribution in [0.5, 0.6) is 0 Å². The maximum absolute atomic E-state index is 15.8. The number of methoxy groups -OCH3 is 1. The highest BCUT2D eigenvalue weighted by Gasteiger charge is 2.47. The van der Waals surface area contributed by atoms with Gasteiger partial charge in [0.15, 0.2) is 0 Å². The molecule has 25 nitrogen and oxygen atoms in total. The number of benzene rings is 1. The van der Waals surface area contributed by atoms with Gasteiger partial charge in [0.2, 0.25) is 65.3 Å². The summed E-state index contributed by atoms with van der Waals surface area (Å²) in [5, 5.41) is 20.5. The van der Waals surface area contributed by atoms with Crippen LogP contribution in [0.4, 0.5) is 0 Å². The van der Waals surface area contributed by atoms with E-state index in [0.29, 0.717) is 6.61 Å². The Labute approximate surface area is 591 Å². The molecule has 1 unspecified atom stereocenters. The number of amides is 11. The number of hydrogen-bond donors (Lipinski definition) is 4. The molecular formula is C74H125N11O14. The summed E-state index contributed by atoms with van der Waals surface area (Å²) < 4.78 is 11.8. The molecular weight excluding hydrogens is 1270 g/mol. The van der Waals surface area contributed by atoms with Crippen molar-refractivity contribution in [1.29, 1.82) is 0 Å². The van der Waals surface area contributed by atoms with Gasteiger partial charge >= 0.3 is 0 Å². The fourth-order valence-corrected chi connectivity index (χ4v) is 12.6. The number of aliphatic hydroxyl groups excluding tert-OH is 1. The molecule has 0 radical (unpaired) electrons. The van der Waals surface area contributed by atoms with E-state index in [1.807, 2.05) is 85.7 Å². The molecule has 0 aliphatic carbocycles. The van der Waals surface area contributed by atoms with Crippen molar-refractivity contribution in [1.82, 2.24) is 55.1 Å². The molecule has 1 aliphatic heterocycles. The maximum atomic E-state index is 15.8. The van der Waals surface area contributed by atoms with Crippen LogP contribution < -0.4 is 16.0 Å². The predicted molar refractivity (Wildman–Crippen MR) is 383 cm³/mol. The number of carbonyl (C=O) groups excluding carboxylic acids is 11. The number of likely N-dealkylation sites (N-methyl/N-ethyl adjacent to an activating group) is 7. The molecule has 1 aromatic rings. The molecule has 1 fully saturated rings. The third-order valence-corrected chi connectivity index (χ3v) is 18.5. The molecule has 0 saturated carbocycles. The number of rotatable bonds is 22. The van der Waals surface area contributed by atoms with Crippen LogP contribution in [0.1, 0.15) is 162 Å². The van der Waals surface area contributed by atoms with Gasteiger partial charge in [-0.05, 0) is 106 Å². The van der Waals surface area contributed by atoms with Gasteiger partial charge in [0, 0.05) is 63.0 Å². The molecule has 0 spiro atoms. The minimum absolute atomic E-state index is 0.0542. The molecule has 2 rings (SSSR count). The van der Waals surface area contributed by atoms with E-state index >= 15 is 33.6 Å². The number of nitrogens with one attached hydrogen (secondary N) is 3. The van der Waals surface area contributed by atoms with Crippen LogP contribution in [0, 0.1) is 41.4 Å². The highest BCUT2D eigenvalue weighted by Crippen LogP contribution is 2.28. The molecule has 1 aromatic carbocycles. The van der Waals surface area contributed by atoms with Gasteiger partial charge in [0.05, 0.1) is 19.3 Å². The zero-order chi connectivity index (χ0) is 75.8. The Morgan fingerprint density at radius 3 is 1.40 bits per heavy atom. The summed E-state index contributed by atoms with van der Waals surface area (Å²) in [6.45, 7) is 30.2. The Hall–Kier alpha value is -7.25. The summed E-state index contributed by atoms with van der Waals surface area (Å²) in [4.78, 5) is 176. The van der Waals surface area contributed by atoms with Crippen LogP contribution in [-0.2, 0) is 68.8 Å². The van der Waals surface area contributed by atoms with Gasteiger partial charge in [-0.25, -0.2) is 0 Å². The Morgan fingerprint density at radius 1 is 0.475 bits per heavy atom. The van der Waals surface area contributed by atoms with E-state index in [1.165, 1.54) is 99.7 Å². The van der Waals surface area contributed by atoms with Crippen molar-refractivity contribution >= 4 is 65.0 Å². The number of nitrogens with zero attached hydrogens (tertiary/aromatic N) is 8. The predicted octanol–water partition coefficient (Wildman–Crippen LogP) is 5.73. The standard InChI is InChI=1S/C74H125N11O14/c1-26-28-34-50(15)62(86)61-65(89)77-54(27-2)67(91)84(24)74(98-25)73(97)81(21)58(42-47(9)10)70(94)85(37-32-33-38-99-43-53-35-30-29-31-36-53)60(49(13)14)72(96)78(18)55(39-44(3)4)64(88)75-51(16)63(87)76-52(17)66(90)79(19)56(40-45(5)6)68(92)80(20)57(41-46(7)8)69(93)82(22)59(48(11)12)71(95)83(61)23/h26,28-33,35-36,44-52,54-62,74,86H,27,34,37-43H2,1-25H3,(H,75,88)(H,76,87)(H,77,89)/b28-26+,33-32+/t50-,51+,52-,54+,55+,56+,57+,58+,59+,60+,61+,62-,74?/m1/s1. The van der Waals surface area contributed by atoms with E-state index in [2.05, 4.69) is 16.0 Å². The van der Waals surface area contributed by atoms with E-state index in [1.54, 1.807) is 72.8 Å². The van der Waals surface area contributed by atoms with Gasteiger partial charge in [0.25, 0.3) is 5.91 Å². The lowest BCUT2D eigenvalue weighted by Crippen LogP contribution is -2.64. The SMILES string of the molecule is C/C=C/C[C@@H](C)[C@@H](O)[C@H]1C(=O)N[C@@H](CC)C(=O)N(C)C(OC)C(=O)N(C)[C@@H](CC(C)C)C(=O)N(C/C=C/COCc2ccccc2)[C@@H](C(C)C)C(=O)N(C)[C@@H](CC(C)C)C(=O)N[C@@H](C)C(=O)N[C@H](C)C(=O)N(C)[C@@H](CC(C)C)C(=O)N(C)[C@@H](CC(C)C)C(=O)N(C)[C@@H](C(C)C)C(=O)N1C. The van der Waals surface area contributed by atoms with E-state index < -0.39 is 155 Å².